The number of fused-ring (bicyclic) bond motifs is 1. The highest BCUT2D eigenvalue weighted by atomic mass is 32.1. The van der Waals surface area contributed by atoms with Gasteiger partial charge < -0.3 is 10.1 Å². The van der Waals surface area contributed by atoms with Crippen molar-refractivity contribution in [2.45, 2.75) is 13.0 Å². The average molecular weight is 301 g/mol. The molecular formula is C15H15N3O2S. The Morgan fingerprint density at radius 3 is 3.19 bits per heavy atom. The van der Waals surface area contributed by atoms with Crippen molar-refractivity contribution in [1.82, 2.24) is 14.7 Å². The average Bonchev–Trinajstić information content (AvgIpc) is 3.06. The molecule has 0 aliphatic carbocycles. The number of benzene rings is 1. The summed E-state index contributed by atoms with van der Waals surface area (Å²) in [5, 5.41) is 4.86. The standard InChI is InChI=1S/C15H15N3O2S/c1-20-13-4-2-3-11(7-13)9-16-14(19)8-12-10-18-5-6-21-15(18)17-12/h2-7,10H,8-9H2,1H3,(H,16,19). The van der Waals surface area contributed by atoms with Crippen LogP contribution in [0.3, 0.4) is 0 Å². The molecule has 3 rings (SSSR count). The Morgan fingerprint density at radius 2 is 2.38 bits per heavy atom. The minimum atomic E-state index is -0.0384. The second kappa shape index (κ2) is 5.97. The van der Waals surface area contributed by atoms with E-state index in [1.165, 1.54) is 0 Å². The van der Waals surface area contributed by atoms with Gasteiger partial charge in [0.2, 0.25) is 5.91 Å². The molecule has 0 aliphatic heterocycles. The van der Waals surface area contributed by atoms with Crippen molar-refractivity contribution in [3.05, 3.63) is 53.3 Å². The molecule has 108 valence electrons. The van der Waals surface area contributed by atoms with Crippen molar-refractivity contribution in [1.29, 1.82) is 0 Å². The third kappa shape index (κ3) is 3.22. The molecule has 1 N–H and O–H groups in total. The molecule has 6 heteroatoms. The summed E-state index contributed by atoms with van der Waals surface area (Å²) >= 11 is 1.56. The van der Waals surface area contributed by atoms with Crippen LogP contribution in [0.5, 0.6) is 5.75 Å². The number of carbonyl (C=O) groups is 1. The van der Waals surface area contributed by atoms with E-state index in [9.17, 15) is 4.79 Å². The number of methoxy groups -OCH3 is 1. The predicted molar refractivity (Wildman–Crippen MR) is 81.6 cm³/mol. The van der Waals surface area contributed by atoms with Gasteiger partial charge in [0.1, 0.15) is 5.75 Å². The van der Waals surface area contributed by atoms with Crippen LogP contribution in [0.15, 0.2) is 42.0 Å². The number of aromatic nitrogens is 2. The van der Waals surface area contributed by atoms with Crippen LogP contribution in [0.4, 0.5) is 0 Å². The lowest BCUT2D eigenvalue weighted by Gasteiger charge is -2.06. The van der Waals surface area contributed by atoms with Gasteiger partial charge in [0.15, 0.2) is 4.96 Å². The van der Waals surface area contributed by atoms with Crippen LogP contribution in [0.1, 0.15) is 11.3 Å². The predicted octanol–water partition coefficient (Wildman–Crippen LogP) is 2.26. The van der Waals surface area contributed by atoms with Crippen LogP contribution in [-0.4, -0.2) is 22.4 Å². The summed E-state index contributed by atoms with van der Waals surface area (Å²) in [6.45, 7) is 0.484. The summed E-state index contributed by atoms with van der Waals surface area (Å²) < 4.78 is 7.08. The van der Waals surface area contributed by atoms with E-state index in [4.69, 9.17) is 4.74 Å². The normalized spacial score (nSPS) is 10.7. The number of rotatable bonds is 5. The molecule has 21 heavy (non-hydrogen) atoms. The molecule has 0 fully saturated rings. The smallest absolute Gasteiger partial charge is 0.226 e. The van der Waals surface area contributed by atoms with Crippen LogP contribution >= 0.6 is 11.3 Å². The van der Waals surface area contributed by atoms with Gasteiger partial charge in [0.05, 0.1) is 19.2 Å². The van der Waals surface area contributed by atoms with Gasteiger partial charge >= 0.3 is 0 Å². The van der Waals surface area contributed by atoms with Crippen LogP contribution < -0.4 is 10.1 Å². The minimum absolute atomic E-state index is 0.0384. The number of hydrogen-bond donors (Lipinski definition) is 1. The lowest BCUT2D eigenvalue weighted by Crippen LogP contribution is -2.24. The highest BCUT2D eigenvalue weighted by Crippen LogP contribution is 2.13. The summed E-state index contributed by atoms with van der Waals surface area (Å²) in [7, 11) is 1.63. The maximum Gasteiger partial charge on any atom is 0.226 e. The van der Waals surface area contributed by atoms with Gasteiger partial charge in [-0.1, -0.05) is 12.1 Å². The monoisotopic (exact) mass is 301 g/mol. The maximum absolute atomic E-state index is 12.0. The van der Waals surface area contributed by atoms with Gasteiger partial charge in [-0.25, -0.2) is 4.98 Å². The number of imidazole rings is 1. The van der Waals surface area contributed by atoms with E-state index in [1.54, 1.807) is 18.4 Å². The van der Waals surface area contributed by atoms with Crippen molar-refractivity contribution in [2.75, 3.05) is 7.11 Å². The Balaban J connectivity index is 1.57. The molecule has 2 heterocycles. The molecule has 0 atom stereocenters. The molecule has 0 saturated heterocycles. The van der Waals surface area contributed by atoms with Gasteiger partial charge in [-0.05, 0) is 17.7 Å². The zero-order valence-corrected chi connectivity index (χ0v) is 12.4. The van der Waals surface area contributed by atoms with E-state index in [0.29, 0.717) is 13.0 Å². The molecule has 5 nitrogen and oxygen atoms in total. The Hall–Kier alpha value is -2.34. The summed E-state index contributed by atoms with van der Waals surface area (Å²) in [4.78, 5) is 17.3. The number of nitrogens with zero attached hydrogens (tertiary/aromatic N) is 2. The van der Waals surface area contributed by atoms with Gasteiger partial charge in [-0.2, -0.15) is 0 Å². The van der Waals surface area contributed by atoms with Crippen LogP contribution in [0.2, 0.25) is 0 Å². The topological polar surface area (TPSA) is 55.6 Å². The van der Waals surface area contributed by atoms with Gasteiger partial charge in [-0.15, -0.1) is 11.3 Å². The van der Waals surface area contributed by atoms with Crippen molar-refractivity contribution < 1.29 is 9.53 Å². The van der Waals surface area contributed by atoms with Gasteiger partial charge in [-0.3, -0.25) is 9.20 Å². The third-order valence-electron chi connectivity index (χ3n) is 3.11. The molecule has 1 aromatic carbocycles. The molecule has 0 aliphatic rings. The number of carbonyl (C=O) groups excluding carboxylic acids is 1. The van der Waals surface area contributed by atoms with Crippen LogP contribution in [-0.2, 0) is 17.8 Å². The molecule has 0 unspecified atom stereocenters. The zero-order valence-electron chi connectivity index (χ0n) is 11.6. The number of thiazole rings is 1. The van der Waals surface area contributed by atoms with E-state index in [-0.39, 0.29) is 5.91 Å². The van der Waals surface area contributed by atoms with E-state index in [2.05, 4.69) is 10.3 Å². The lowest BCUT2D eigenvalue weighted by molar-refractivity contribution is -0.120. The summed E-state index contributed by atoms with van der Waals surface area (Å²) in [6, 6.07) is 7.65. The fraction of sp³-hybridized carbons (Fsp3) is 0.200. The quantitative estimate of drug-likeness (QED) is 0.786. The molecule has 0 radical (unpaired) electrons. The second-order valence-electron chi connectivity index (χ2n) is 4.63. The van der Waals surface area contributed by atoms with Crippen molar-refractivity contribution in [3.63, 3.8) is 0 Å². The minimum Gasteiger partial charge on any atom is -0.497 e. The zero-order chi connectivity index (χ0) is 14.7. The highest BCUT2D eigenvalue weighted by Gasteiger charge is 2.08. The lowest BCUT2D eigenvalue weighted by atomic mass is 10.2. The molecule has 0 spiro atoms. The second-order valence-corrected chi connectivity index (χ2v) is 5.50. The SMILES string of the molecule is COc1cccc(CNC(=O)Cc2cn3ccsc3n2)c1. The number of hydrogen-bond acceptors (Lipinski definition) is 4. The van der Waals surface area contributed by atoms with Crippen molar-refractivity contribution in [2.24, 2.45) is 0 Å². The maximum atomic E-state index is 12.0. The van der Waals surface area contributed by atoms with E-state index in [0.717, 1.165) is 22.0 Å². The number of amides is 1. The Morgan fingerprint density at radius 1 is 1.48 bits per heavy atom. The molecule has 0 saturated carbocycles. The number of nitrogens with one attached hydrogen (secondary N) is 1. The fourth-order valence-electron chi connectivity index (χ4n) is 2.07. The highest BCUT2D eigenvalue weighted by molar-refractivity contribution is 7.15. The first-order chi connectivity index (χ1) is 10.2. The largest absolute Gasteiger partial charge is 0.497 e. The first kappa shape index (κ1) is 13.6. The number of ether oxygens (including phenoxy) is 1. The molecule has 1 amide bonds. The van der Waals surface area contributed by atoms with Gasteiger partial charge in [0, 0.05) is 24.3 Å². The van der Waals surface area contributed by atoms with Crippen molar-refractivity contribution in [3.8, 4) is 5.75 Å². The van der Waals surface area contributed by atoms with E-state index in [1.807, 2.05) is 46.4 Å². The third-order valence-corrected chi connectivity index (χ3v) is 3.88. The Kier molecular flexibility index (Phi) is 3.87. The summed E-state index contributed by atoms with van der Waals surface area (Å²) in [5.74, 6) is 0.750. The van der Waals surface area contributed by atoms with E-state index >= 15 is 0 Å². The molecule has 3 aromatic rings. The Labute approximate surface area is 126 Å². The first-order valence-corrected chi connectivity index (χ1v) is 7.43. The summed E-state index contributed by atoms with van der Waals surface area (Å²) in [5.41, 5.74) is 1.79. The fourth-order valence-corrected chi connectivity index (χ4v) is 2.79. The first-order valence-electron chi connectivity index (χ1n) is 6.55. The van der Waals surface area contributed by atoms with Gasteiger partial charge in [0.25, 0.3) is 0 Å². The summed E-state index contributed by atoms with van der Waals surface area (Å²) in [6.07, 6.45) is 4.11. The van der Waals surface area contributed by atoms with Crippen LogP contribution in [0, 0.1) is 0 Å². The van der Waals surface area contributed by atoms with Crippen LogP contribution in [0.25, 0.3) is 4.96 Å². The molecule has 2 aromatic heterocycles. The van der Waals surface area contributed by atoms with E-state index < -0.39 is 0 Å². The molecule has 0 bridgehead atoms. The van der Waals surface area contributed by atoms with Crippen molar-refractivity contribution >= 4 is 22.2 Å². The Bertz CT molecular complexity index is 734. The molecular weight excluding hydrogens is 286 g/mol.